The zero-order chi connectivity index (χ0) is 60.0. The first-order valence-electron chi connectivity index (χ1n) is 26.9. The monoisotopic (exact) mass is 1280 g/mol. The van der Waals surface area contributed by atoms with E-state index in [2.05, 4.69) is 72.8 Å². The number of ether oxygens (including phenoxy) is 1. The van der Waals surface area contributed by atoms with Crippen LogP contribution in [0.15, 0.2) is 91.1 Å². The van der Waals surface area contributed by atoms with E-state index >= 15 is 0 Å². The number of aromatic nitrogens is 1. The fourth-order valence-electron chi connectivity index (χ4n) is 9.07. The molecule has 2 heterocycles. The van der Waals surface area contributed by atoms with Crippen molar-refractivity contribution in [2.45, 2.75) is 144 Å². The average molecular weight is 1280 g/mol. The van der Waals surface area contributed by atoms with Crippen LogP contribution in [0.5, 0.6) is 0 Å². The molecule has 3 aromatic carbocycles. The van der Waals surface area contributed by atoms with Crippen LogP contribution in [0.25, 0.3) is 10.9 Å². The van der Waals surface area contributed by atoms with E-state index in [1.807, 2.05) is 6.07 Å². The summed E-state index contributed by atoms with van der Waals surface area (Å²) < 4.78 is 5.65. The molecule has 0 saturated carbocycles. The summed E-state index contributed by atoms with van der Waals surface area (Å²) >= 11 is 8.53. The van der Waals surface area contributed by atoms with Gasteiger partial charge in [0.25, 0.3) is 0 Å². The minimum atomic E-state index is -1.76. The maximum absolute atomic E-state index is 14.8. The molecule has 1 aromatic heterocycles. The van der Waals surface area contributed by atoms with Crippen molar-refractivity contribution in [2.75, 3.05) is 31.3 Å². The fourth-order valence-corrected chi connectivity index (χ4v) is 9.58. The van der Waals surface area contributed by atoms with E-state index < -0.39 is 146 Å². The van der Waals surface area contributed by atoms with Gasteiger partial charge in [-0.3, -0.25) is 38.9 Å². The van der Waals surface area contributed by atoms with Gasteiger partial charge in [0.05, 0.1) is 37.5 Å². The number of nitrogens with one attached hydrogen (secondary N) is 9. The number of thiol groups is 2. The van der Waals surface area contributed by atoms with Crippen molar-refractivity contribution in [2.24, 2.45) is 5.73 Å². The van der Waals surface area contributed by atoms with E-state index in [4.69, 9.17) is 10.5 Å². The number of aliphatic hydroxyl groups is 7. The Labute approximate surface area is 505 Å². The quantitative estimate of drug-likeness (QED) is 0.0164. The SMILES string of the molecule is C[C@@H](O)[C@H](NC(=O)[C@H](CCCCN)NC(=O)[C@@H](Cc1c[nH]c2ccccc12)NC(=O)[C@H](Cc1ccccc1)NC(=O)[C@H](CS)NC(=O)[C@@H](Cc1ccccc1)N[C@@H]1O[C@H](CO)[C@@H](O)[C@H](O)[C@H]1O)C(=O)N[C@@H](CS)C(=O)N[C@H](CO)[C@@H](C)O.[99Tc]. The third-order valence-electron chi connectivity index (χ3n) is 13.9. The Morgan fingerprint density at radius 3 is 1.60 bits per heavy atom. The molecule has 1 radical (unpaired) electrons. The van der Waals surface area contributed by atoms with E-state index in [9.17, 15) is 69.3 Å². The van der Waals surface area contributed by atoms with E-state index in [1.54, 1.807) is 85.1 Å². The number of nitrogens with two attached hydrogens (primary N) is 1. The van der Waals surface area contributed by atoms with Crippen LogP contribution >= 0.6 is 25.3 Å². The van der Waals surface area contributed by atoms with Gasteiger partial charge in [-0.25, -0.2) is 0 Å². The van der Waals surface area contributed by atoms with E-state index in [1.165, 1.54) is 13.8 Å². The number of H-pyrrole nitrogens is 1. The van der Waals surface area contributed by atoms with Gasteiger partial charge in [0.15, 0.2) is 0 Å². The van der Waals surface area contributed by atoms with E-state index in [0.29, 0.717) is 40.4 Å². The van der Waals surface area contributed by atoms with Crippen LogP contribution in [-0.4, -0.2) is 205 Å². The van der Waals surface area contributed by atoms with Crippen molar-refractivity contribution in [3.05, 3.63) is 108 Å². The molecule has 457 valence electrons. The summed E-state index contributed by atoms with van der Waals surface area (Å²) in [6.07, 6.45) is -8.67. The minimum Gasteiger partial charge on any atom is -0.394 e. The number of rotatable bonds is 32. The Kier molecular flexibility index (Phi) is 29.5. The molecule has 1 saturated heterocycles. The molecule has 83 heavy (non-hydrogen) atoms. The van der Waals surface area contributed by atoms with Gasteiger partial charge < -0.3 is 88.4 Å². The number of carbonyl (C=O) groups is 7. The number of amides is 7. The second-order valence-corrected chi connectivity index (χ2v) is 20.9. The van der Waals surface area contributed by atoms with Crippen molar-refractivity contribution >= 4 is 77.5 Å². The van der Waals surface area contributed by atoms with Crippen LogP contribution < -0.4 is 48.3 Å². The first kappa shape index (κ1) is 69.9. The number of aromatic amines is 1. The fraction of sp³-hybridized carbons (Fsp3) is 0.509. The molecule has 28 heteroatoms. The first-order chi connectivity index (χ1) is 39.2. The topological polar surface area (TPSA) is 408 Å². The summed E-state index contributed by atoms with van der Waals surface area (Å²) in [6, 6.07) is 13.4. The van der Waals surface area contributed by atoms with Gasteiger partial charge in [0.2, 0.25) is 41.4 Å². The van der Waals surface area contributed by atoms with Gasteiger partial charge >= 0.3 is 0 Å². The second kappa shape index (κ2) is 35.0. The smallest absolute Gasteiger partial charge is 0.245 e. The van der Waals surface area contributed by atoms with Crippen LogP contribution in [0, 0.1) is 0 Å². The Balaban J connectivity index is 0.0000148. The standard InChI is InChI=1S/C55H78N10O15S2.Tc/c1-29(68)40(25-66)61-53(78)42(28-82)63-54(79)44(30(2)69)65-48(73)36(19-11-12-20-56)58-51(76)39(23-33-24-57-35-18-10-9-17-34(33)35)60-49(74)37(21-31-13-5-3-6-14-31)59-52(77)41(27-81)62-50(75)38(22-32-15-7-4-8-16-32)64-55-47(72)46(71)45(70)43(26-67)80-55;/h3-10,13-18,24,29-30,36-47,55,57,64,66-72,81-82H,11-12,19-23,25-28,56H2,1-2H3,(H,58,76)(H,59,77)(H,60,74)(H,61,78)(H,62,75)(H,63,79)(H,65,73);/t29-,30-,36+,37+,38-,39-,40-,41+,42+,43-,44+,45-,46+,47-,55-;/m1./s1/i;1+1. The first-order valence-corrected chi connectivity index (χ1v) is 28.2. The maximum Gasteiger partial charge on any atom is 0.245 e. The number of hydrogen-bond donors (Lipinski definition) is 19. The molecule has 0 aliphatic carbocycles. The predicted molar refractivity (Wildman–Crippen MR) is 308 cm³/mol. The Morgan fingerprint density at radius 2 is 1.06 bits per heavy atom. The van der Waals surface area contributed by atoms with E-state index in [0.717, 1.165) is 0 Å². The van der Waals surface area contributed by atoms with Gasteiger partial charge in [-0.05, 0) is 68.8 Å². The largest absolute Gasteiger partial charge is 0.394 e. The molecule has 1 aliphatic heterocycles. The molecular weight excluding hydrogens is 1200 g/mol. The zero-order valence-electron chi connectivity index (χ0n) is 45.8. The van der Waals surface area contributed by atoms with Crippen LogP contribution in [0.1, 0.15) is 49.8 Å². The normalized spacial score (nSPS) is 20.5. The van der Waals surface area contributed by atoms with Gasteiger partial charge in [-0.1, -0.05) is 78.9 Å². The minimum absolute atomic E-state index is 0. The Hall–Kier alpha value is -5.56. The van der Waals surface area contributed by atoms with Crippen LogP contribution in [0.4, 0.5) is 0 Å². The molecule has 25 nitrogen and oxygen atoms in total. The number of carbonyl (C=O) groups excluding carboxylic acids is 7. The second-order valence-electron chi connectivity index (χ2n) is 20.1. The summed E-state index contributed by atoms with van der Waals surface area (Å²) in [7, 11) is 0. The third kappa shape index (κ3) is 20.6. The summed E-state index contributed by atoms with van der Waals surface area (Å²) in [5.74, 6) is -6.69. The summed E-state index contributed by atoms with van der Waals surface area (Å²) in [4.78, 5) is 102. The summed E-state index contributed by atoms with van der Waals surface area (Å²) in [5.41, 5.74) is 8.31. The van der Waals surface area contributed by atoms with Crippen LogP contribution in [-0.2, 0) is 77.7 Å². The number of aliphatic hydroxyl groups excluding tert-OH is 7. The molecule has 18 N–H and O–H groups in total. The maximum atomic E-state index is 14.8. The molecule has 1 fully saturated rings. The molecule has 15 atom stereocenters. The van der Waals surface area contributed by atoms with Gasteiger partial charge in [0, 0.05) is 61.6 Å². The molecule has 0 bridgehead atoms. The van der Waals surface area contributed by atoms with Gasteiger partial charge in [-0.2, -0.15) is 25.3 Å². The van der Waals surface area contributed by atoms with Crippen molar-refractivity contribution in [3.63, 3.8) is 0 Å². The summed E-state index contributed by atoms with van der Waals surface area (Å²) in [5, 5.41) is 93.6. The van der Waals surface area contributed by atoms with Crippen LogP contribution in [0.2, 0.25) is 0 Å². The van der Waals surface area contributed by atoms with Gasteiger partial charge in [-0.15, -0.1) is 0 Å². The van der Waals surface area contributed by atoms with Crippen molar-refractivity contribution < 1.29 is 94.1 Å². The number of para-hydroxylation sites is 1. The molecule has 5 rings (SSSR count). The number of benzene rings is 3. The molecule has 4 aromatic rings. The molecule has 0 spiro atoms. The van der Waals surface area contributed by atoms with Gasteiger partial charge in [0.1, 0.15) is 66.9 Å². The number of hydrogen-bond acceptors (Lipinski definition) is 19. The Morgan fingerprint density at radius 1 is 0.578 bits per heavy atom. The molecule has 7 amide bonds. The number of fused-ring (bicyclic) bond motifs is 1. The molecule has 0 unspecified atom stereocenters. The zero-order valence-corrected chi connectivity index (χ0v) is 49.5. The Bertz CT molecular complexity index is 2700. The average Bonchev–Trinajstić information content (AvgIpc) is 4.16. The van der Waals surface area contributed by atoms with Crippen molar-refractivity contribution in [1.29, 1.82) is 0 Å². The van der Waals surface area contributed by atoms with Crippen molar-refractivity contribution in [3.8, 4) is 0 Å². The number of unbranched alkanes of at least 4 members (excludes halogenated alkanes) is 1. The van der Waals surface area contributed by atoms with Crippen molar-refractivity contribution in [1.82, 2.24) is 47.5 Å². The third-order valence-corrected chi connectivity index (χ3v) is 14.6. The molecule has 1 aliphatic rings. The molecular formula is C55H78N10O15S2Tc. The van der Waals surface area contributed by atoms with Crippen LogP contribution in [0.3, 0.4) is 0 Å². The summed E-state index contributed by atoms with van der Waals surface area (Å²) in [6.45, 7) is 1.44. The predicted octanol–water partition coefficient (Wildman–Crippen LogP) is -3.91. The van der Waals surface area contributed by atoms with E-state index in [-0.39, 0.29) is 63.8 Å².